The van der Waals surface area contributed by atoms with Gasteiger partial charge >= 0.3 is 0 Å². The van der Waals surface area contributed by atoms with Crippen molar-refractivity contribution in [2.24, 2.45) is 0 Å². The van der Waals surface area contributed by atoms with Gasteiger partial charge in [0.15, 0.2) is 5.78 Å². The van der Waals surface area contributed by atoms with Crippen LogP contribution in [0.2, 0.25) is 0 Å². The van der Waals surface area contributed by atoms with Gasteiger partial charge in [0, 0.05) is 35.7 Å². The van der Waals surface area contributed by atoms with E-state index in [9.17, 15) is 4.79 Å². The zero-order chi connectivity index (χ0) is 15.1. The summed E-state index contributed by atoms with van der Waals surface area (Å²) in [7, 11) is 0. The molecule has 0 spiro atoms. The van der Waals surface area contributed by atoms with Gasteiger partial charge in [-0.25, -0.2) is 9.97 Å². The standard InChI is InChI=1S/C15H13N5O2/c16-10-1-9(2-17-3-10)14(21)13-5-20(11-6-22-7-11)15-12(13)4-18-8-19-15/h1-5,8,11H,6-7,16H2. The smallest absolute Gasteiger partial charge is 0.196 e. The maximum atomic E-state index is 12.8. The molecular formula is C15H13N5O2. The van der Waals surface area contributed by atoms with Gasteiger partial charge in [0.1, 0.15) is 12.0 Å². The molecule has 3 aromatic rings. The number of hydrogen-bond acceptors (Lipinski definition) is 6. The number of nitrogens with two attached hydrogens (primary N) is 1. The van der Waals surface area contributed by atoms with Crippen LogP contribution < -0.4 is 5.73 Å². The number of fused-ring (bicyclic) bond motifs is 1. The van der Waals surface area contributed by atoms with Crippen molar-refractivity contribution >= 4 is 22.5 Å². The average molecular weight is 295 g/mol. The van der Waals surface area contributed by atoms with Crippen LogP contribution in [0.1, 0.15) is 22.0 Å². The molecule has 22 heavy (non-hydrogen) atoms. The highest BCUT2D eigenvalue weighted by atomic mass is 16.5. The van der Waals surface area contributed by atoms with Gasteiger partial charge in [-0.1, -0.05) is 0 Å². The fourth-order valence-corrected chi connectivity index (χ4v) is 2.57. The van der Waals surface area contributed by atoms with Gasteiger partial charge in [-0.05, 0) is 6.07 Å². The molecule has 0 radical (unpaired) electrons. The van der Waals surface area contributed by atoms with Gasteiger partial charge in [-0.3, -0.25) is 9.78 Å². The second-order valence-electron chi connectivity index (χ2n) is 5.24. The number of carbonyl (C=O) groups excluding carboxylic acids is 1. The molecule has 4 rings (SSSR count). The Labute approximate surface area is 125 Å². The zero-order valence-corrected chi connectivity index (χ0v) is 11.6. The van der Waals surface area contributed by atoms with Crippen LogP contribution in [-0.4, -0.2) is 38.5 Å². The molecule has 0 atom stereocenters. The summed E-state index contributed by atoms with van der Waals surface area (Å²) in [6.45, 7) is 1.25. The summed E-state index contributed by atoms with van der Waals surface area (Å²) in [5.74, 6) is -0.140. The number of pyridine rings is 1. The Bertz CT molecular complexity index is 869. The van der Waals surface area contributed by atoms with Crippen LogP contribution >= 0.6 is 0 Å². The summed E-state index contributed by atoms with van der Waals surface area (Å²) in [6, 6.07) is 1.83. The van der Waals surface area contributed by atoms with E-state index in [4.69, 9.17) is 10.5 Å². The van der Waals surface area contributed by atoms with E-state index < -0.39 is 0 Å². The lowest BCUT2D eigenvalue weighted by atomic mass is 10.1. The molecule has 7 heteroatoms. The fourth-order valence-electron chi connectivity index (χ4n) is 2.57. The largest absolute Gasteiger partial charge is 0.397 e. The minimum atomic E-state index is -0.140. The number of ketones is 1. The first kappa shape index (κ1) is 12.9. The lowest BCUT2D eigenvalue weighted by Crippen LogP contribution is -2.30. The Morgan fingerprint density at radius 1 is 1.27 bits per heavy atom. The Balaban J connectivity index is 1.86. The SMILES string of the molecule is Nc1cncc(C(=O)c2cn(C3COC3)c3ncncc23)c1. The number of carbonyl (C=O) groups is 1. The van der Waals surface area contributed by atoms with Crippen molar-refractivity contribution in [1.82, 2.24) is 19.5 Å². The molecule has 1 aliphatic rings. The molecule has 1 fully saturated rings. The number of rotatable bonds is 3. The predicted octanol–water partition coefficient (Wildman–Crippen LogP) is 1.21. The molecular weight excluding hydrogens is 282 g/mol. The number of hydrogen-bond donors (Lipinski definition) is 1. The van der Waals surface area contributed by atoms with E-state index in [0.717, 1.165) is 11.0 Å². The quantitative estimate of drug-likeness (QED) is 0.730. The molecule has 110 valence electrons. The van der Waals surface area contributed by atoms with Crippen LogP contribution in [0.25, 0.3) is 11.0 Å². The minimum absolute atomic E-state index is 0.140. The molecule has 3 aromatic heterocycles. The number of anilines is 1. The topological polar surface area (TPSA) is 95.9 Å². The molecule has 2 N–H and O–H groups in total. The zero-order valence-electron chi connectivity index (χ0n) is 11.6. The van der Waals surface area contributed by atoms with Gasteiger partial charge < -0.3 is 15.0 Å². The maximum absolute atomic E-state index is 12.8. The highest BCUT2D eigenvalue weighted by Crippen LogP contribution is 2.27. The molecule has 0 aromatic carbocycles. The first-order valence-electron chi connectivity index (χ1n) is 6.87. The highest BCUT2D eigenvalue weighted by Gasteiger charge is 2.26. The first-order valence-corrected chi connectivity index (χ1v) is 6.87. The van der Waals surface area contributed by atoms with Gasteiger partial charge in [-0.15, -0.1) is 0 Å². The Morgan fingerprint density at radius 2 is 2.14 bits per heavy atom. The first-order chi connectivity index (χ1) is 10.7. The van der Waals surface area contributed by atoms with Gasteiger partial charge in [-0.2, -0.15) is 0 Å². The number of aromatic nitrogens is 4. The van der Waals surface area contributed by atoms with E-state index in [-0.39, 0.29) is 11.8 Å². The Kier molecular flexibility index (Phi) is 2.87. The summed E-state index contributed by atoms with van der Waals surface area (Å²) in [5.41, 5.74) is 7.91. The predicted molar refractivity (Wildman–Crippen MR) is 79.5 cm³/mol. The van der Waals surface area contributed by atoms with Crippen LogP contribution in [-0.2, 0) is 4.74 Å². The summed E-state index contributed by atoms with van der Waals surface area (Å²) >= 11 is 0. The van der Waals surface area contributed by atoms with E-state index in [1.807, 2.05) is 10.8 Å². The molecule has 1 saturated heterocycles. The number of nitrogen functional groups attached to an aromatic ring is 1. The molecule has 0 bridgehead atoms. The van der Waals surface area contributed by atoms with E-state index >= 15 is 0 Å². The van der Waals surface area contributed by atoms with Crippen LogP contribution in [0.3, 0.4) is 0 Å². The molecule has 0 amide bonds. The van der Waals surface area contributed by atoms with Gasteiger partial charge in [0.25, 0.3) is 0 Å². The maximum Gasteiger partial charge on any atom is 0.196 e. The Morgan fingerprint density at radius 3 is 2.86 bits per heavy atom. The molecule has 7 nitrogen and oxygen atoms in total. The fraction of sp³-hybridized carbons (Fsp3) is 0.200. The summed E-state index contributed by atoms with van der Waals surface area (Å²) < 4.78 is 7.21. The van der Waals surface area contributed by atoms with Crippen LogP contribution in [0, 0.1) is 0 Å². The van der Waals surface area contributed by atoms with Gasteiger partial charge in [0.2, 0.25) is 0 Å². The van der Waals surface area contributed by atoms with Crippen molar-refractivity contribution in [2.75, 3.05) is 18.9 Å². The van der Waals surface area contributed by atoms with E-state index in [0.29, 0.717) is 30.0 Å². The van der Waals surface area contributed by atoms with Crippen molar-refractivity contribution in [1.29, 1.82) is 0 Å². The molecule has 0 aliphatic carbocycles. The summed E-state index contributed by atoms with van der Waals surface area (Å²) in [4.78, 5) is 25.1. The van der Waals surface area contributed by atoms with Crippen molar-refractivity contribution < 1.29 is 9.53 Å². The molecule has 1 aliphatic heterocycles. The third kappa shape index (κ3) is 1.94. The van der Waals surface area contributed by atoms with Crippen molar-refractivity contribution in [3.8, 4) is 0 Å². The Hall–Kier alpha value is -2.80. The molecule has 4 heterocycles. The third-order valence-corrected chi connectivity index (χ3v) is 3.77. The highest BCUT2D eigenvalue weighted by molar-refractivity contribution is 6.16. The normalized spacial score (nSPS) is 14.9. The minimum Gasteiger partial charge on any atom is -0.397 e. The van der Waals surface area contributed by atoms with Crippen molar-refractivity contribution in [2.45, 2.75) is 6.04 Å². The lowest BCUT2D eigenvalue weighted by Gasteiger charge is -2.27. The molecule has 0 saturated carbocycles. The number of ether oxygens (including phenoxy) is 1. The third-order valence-electron chi connectivity index (χ3n) is 3.77. The van der Waals surface area contributed by atoms with Gasteiger partial charge in [0.05, 0.1) is 30.5 Å². The van der Waals surface area contributed by atoms with E-state index in [1.165, 1.54) is 18.7 Å². The van der Waals surface area contributed by atoms with Crippen molar-refractivity contribution in [3.63, 3.8) is 0 Å². The second-order valence-corrected chi connectivity index (χ2v) is 5.24. The van der Waals surface area contributed by atoms with E-state index in [2.05, 4.69) is 15.0 Å². The summed E-state index contributed by atoms with van der Waals surface area (Å²) in [6.07, 6.45) is 7.98. The average Bonchev–Trinajstić information content (AvgIpc) is 2.85. The van der Waals surface area contributed by atoms with Crippen LogP contribution in [0.15, 0.2) is 37.2 Å². The van der Waals surface area contributed by atoms with Crippen LogP contribution in [0.4, 0.5) is 5.69 Å². The monoisotopic (exact) mass is 295 g/mol. The number of nitrogens with zero attached hydrogens (tertiary/aromatic N) is 4. The van der Waals surface area contributed by atoms with Crippen LogP contribution in [0.5, 0.6) is 0 Å². The molecule has 0 unspecified atom stereocenters. The summed E-state index contributed by atoms with van der Waals surface area (Å²) in [5, 5.41) is 0.724. The second kappa shape index (κ2) is 4.88. The van der Waals surface area contributed by atoms with Crippen molar-refractivity contribution in [3.05, 3.63) is 48.3 Å². The lowest BCUT2D eigenvalue weighted by molar-refractivity contribution is -0.0216. The van der Waals surface area contributed by atoms with E-state index in [1.54, 1.807) is 12.3 Å².